The molecule has 0 radical (unpaired) electrons. The predicted molar refractivity (Wildman–Crippen MR) is 78.4 cm³/mol. The molecule has 1 aliphatic rings. The molecule has 0 bridgehead atoms. The van der Waals surface area contributed by atoms with Crippen LogP contribution in [-0.2, 0) is 0 Å². The van der Waals surface area contributed by atoms with Gasteiger partial charge in [0.05, 0.1) is 0 Å². The van der Waals surface area contributed by atoms with Crippen LogP contribution in [-0.4, -0.2) is 42.7 Å². The number of rotatable bonds is 5. The highest BCUT2D eigenvalue weighted by Crippen LogP contribution is 2.22. The summed E-state index contributed by atoms with van der Waals surface area (Å²) in [5.41, 5.74) is 6.16. The topological polar surface area (TPSA) is 41.3 Å². The molecule has 1 rings (SSSR count). The quantitative estimate of drug-likeness (QED) is 0.576. The normalized spacial score (nSPS) is 25.6. The average molecular weight is 251 g/mol. The fourth-order valence-corrected chi connectivity index (χ4v) is 2.70. The molecule has 1 saturated heterocycles. The van der Waals surface area contributed by atoms with Crippen molar-refractivity contribution in [1.82, 2.24) is 10.2 Å². The van der Waals surface area contributed by atoms with E-state index in [9.17, 15) is 0 Å². The van der Waals surface area contributed by atoms with Crippen molar-refractivity contribution < 1.29 is 0 Å². The van der Waals surface area contributed by atoms with E-state index < -0.39 is 0 Å². The van der Waals surface area contributed by atoms with Crippen LogP contribution in [0.2, 0.25) is 0 Å². The Labute approximate surface area is 112 Å². The van der Waals surface area contributed by atoms with E-state index in [1.807, 2.05) is 6.92 Å². The molecule has 0 saturated carbocycles. The molecule has 3 N–H and O–H groups in total. The van der Waals surface area contributed by atoms with Crippen molar-refractivity contribution in [2.24, 2.45) is 5.73 Å². The second-order valence-corrected chi connectivity index (χ2v) is 5.57. The highest BCUT2D eigenvalue weighted by Gasteiger charge is 2.30. The Bertz CT molecular complexity index is 290. The molecule has 1 unspecified atom stereocenters. The van der Waals surface area contributed by atoms with Crippen molar-refractivity contribution >= 4 is 0 Å². The van der Waals surface area contributed by atoms with Crippen molar-refractivity contribution in [3.8, 4) is 11.8 Å². The summed E-state index contributed by atoms with van der Waals surface area (Å²) in [6.07, 6.45) is 4.50. The molecule has 0 aromatic carbocycles. The van der Waals surface area contributed by atoms with Crippen LogP contribution in [0.4, 0.5) is 0 Å². The lowest BCUT2D eigenvalue weighted by molar-refractivity contribution is 0.219. The van der Waals surface area contributed by atoms with E-state index in [2.05, 4.69) is 35.9 Å². The number of hydrogen-bond acceptors (Lipinski definition) is 3. The van der Waals surface area contributed by atoms with Gasteiger partial charge in [0.2, 0.25) is 0 Å². The molecule has 1 aliphatic heterocycles. The van der Waals surface area contributed by atoms with Crippen LogP contribution < -0.4 is 11.1 Å². The smallest absolute Gasteiger partial charge is 0.0317 e. The number of nitrogens with two attached hydrogens (primary N) is 1. The van der Waals surface area contributed by atoms with Crippen molar-refractivity contribution in [3.05, 3.63) is 0 Å². The minimum Gasteiger partial charge on any atom is -0.329 e. The summed E-state index contributed by atoms with van der Waals surface area (Å²) < 4.78 is 0. The van der Waals surface area contributed by atoms with Crippen LogP contribution in [0.15, 0.2) is 0 Å². The first-order chi connectivity index (χ1) is 8.63. The van der Waals surface area contributed by atoms with Crippen molar-refractivity contribution in [2.75, 3.05) is 26.2 Å². The molecule has 0 aliphatic carbocycles. The van der Waals surface area contributed by atoms with Gasteiger partial charge in [-0.1, -0.05) is 0 Å². The lowest BCUT2D eigenvalue weighted by Crippen LogP contribution is -2.52. The zero-order valence-corrected chi connectivity index (χ0v) is 12.3. The summed E-state index contributed by atoms with van der Waals surface area (Å²) in [6, 6.07) is 0.643. The van der Waals surface area contributed by atoms with Crippen LogP contribution in [0.25, 0.3) is 0 Å². The van der Waals surface area contributed by atoms with E-state index in [-0.39, 0.29) is 5.54 Å². The average Bonchev–Trinajstić information content (AvgIpc) is 2.58. The standard InChI is InChI=1S/C15H29N3/c1-4-5-6-10-17-15(13-16)8-7-11-18(12-9-15)14(2)3/h14,17H,6-13,16H2,1-3H3. The molecule has 1 heterocycles. The fraction of sp³-hybridized carbons (Fsp3) is 0.867. The minimum atomic E-state index is 0.138. The van der Waals surface area contributed by atoms with Crippen LogP contribution >= 0.6 is 0 Å². The van der Waals surface area contributed by atoms with Crippen molar-refractivity contribution in [1.29, 1.82) is 0 Å². The fourth-order valence-electron chi connectivity index (χ4n) is 2.70. The van der Waals surface area contributed by atoms with Crippen LogP contribution in [0, 0.1) is 11.8 Å². The Morgan fingerprint density at radius 2 is 2.11 bits per heavy atom. The van der Waals surface area contributed by atoms with E-state index in [0.29, 0.717) is 6.04 Å². The Morgan fingerprint density at radius 1 is 1.33 bits per heavy atom. The Balaban J connectivity index is 2.50. The second-order valence-electron chi connectivity index (χ2n) is 5.57. The summed E-state index contributed by atoms with van der Waals surface area (Å²) >= 11 is 0. The first-order valence-corrected chi connectivity index (χ1v) is 7.22. The number of likely N-dealkylation sites (tertiary alicyclic amines) is 1. The molecule has 0 aromatic heterocycles. The molecular weight excluding hydrogens is 222 g/mol. The molecule has 0 spiro atoms. The van der Waals surface area contributed by atoms with Gasteiger partial charge in [-0.25, -0.2) is 0 Å². The lowest BCUT2D eigenvalue weighted by Gasteiger charge is -2.33. The minimum absolute atomic E-state index is 0.138. The Hall–Kier alpha value is -0.560. The van der Waals surface area contributed by atoms with Crippen molar-refractivity contribution in [2.45, 2.75) is 58.0 Å². The number of nitrogens with one attached hydrogen (secondary N) is 1. The van der Waals surface area contributed by atoms with Gasteiger partial charge in [-0.15, -0.1) is 11.8 Å². The monoisotopic (exact) mass is 251 g/mol. The zero-order valence-electron chi connectivity index (χ0n) is 12.3. The van der Waals surface area contributed by atoms with Gasteiger partial charge in [-0.2, -0.15) is 0 Å². The summed E-state index contributed by atoms with van der Waals surface area (Å²) in [4.78, 5) is 2.56. The third-order valence-corrected chi connectivity index (χ3v) is 4.03. The molecule has 18 heavy (non-hydrogen) atoms. The van der Waals surface area contributed by atoms with Gasteiger partial charge >= 0.3 is 0 Å². The van der Waals surface area contributed by atoms with E-state index in [4.69, 9.17) is 5.73 Å². The molecule has 3 heteroatoms. The maximum atomic E-state index is 6.03. The molecule has 0 amide bonds. The molecular formula is C15H29N3. The van der Waals surface area contributed by atoms with Gasteiger partial charge in [-0.05, 0) is 46.6 Å². The summed E-state index contributed by atoms with van der Waals surface area (Å²) in [6.45, 7) is 10.5. The van der Waals surface area contributed by atoms with E-state index >= 15 is 0 Å². The van der Waals surface area contributed by atoms with Gasteiger partial charge in [0.15, 0.2) is 0 Å². The predicted octanol–water partition coefficient (Wildman–Crippen LogP) is 1.58. The van der Waals surface area contributed by atoms with Gasteiger partial charge in [-0.3, -0.25) is 0 Å². The van der Waals surface area contributed by atoms with Crippen LogP contribution in [0.1, 0.15) is 46.5 Å². The zero-order chi connectivity index (χ0) is 13.4. The van der Waals surface area contributed by atoms with E-state index in [1.54, 1.807) is 0 Å². The largest absolute Gasteiger partial charge is 0.329 e. The first kappa shape index (κ1) is 15.5. The third-order valence-electron chi connectivity index (χ3n) is 4.03. The Morgan fingerprint density at radius 3 is 2.72 bits per heavy atom. The SMILES string of the molecule is CC#CCCNC1(CN)CCCN(C(C)C)CC1. The van der Waals surface area contributed by atoms with Gasteiger partial charge < -0.3 is 16.0 Å². The van der Waals surface area contributed by atoms with Crippen molar-refractivity contribution in [3.63, 3.8) is 0 Å². The third kappa shape index (κ3) is 4.61. The first-order valence-electron chi connectivity index (χ1n) is 7.22. The van der Waals surface area contributed by atoms with Crippen LogP contribution in [0.3, 0.4) is 0 Å². The molecule has 3 nitrogen and oxygen atoms in total. The van der Waals surface area contributed by atoms with E-state index in [1.165, 1.54) is 19.4 Å². The highest BCUT2D eigenvalue weighted by molar-refractivity contribution is 4.98. The number of nitrogens with zero attached hydrogens (tertiary/aromatic N) is 1. The maximum absolute atomic E-state index is 6.03. The van der Waals surface area contributed by atoms with Gasteiger partial charge in [0.1, 0.15) is 0 Å². The molecule has 104 valence electrons. The van der Waals surface area contributed by atoms with Gasteiger partial charge in [0.25, 0.3) is 0 Å². The second kappa shape index (κ2) is 7.78. The Kier molecular flexibility index (Phi) is 6.70. The maximum Gasteiger partial charge on any atom is 0.0317 e. The summed E-state index contributed by atoms with van der Waals surface area (Å²) in [5.74, 6) is 6.05. The highest BCUT2D eigenvalue weighted by atomic mass is 15.2. The molecule has 1 fully saturated rings. The van der Waals surface area contributed by atoms with E-state index in [0.717, 1.165) is 32.5 Å². The lowest BCUT2D eigenvalue weighted by atomic mass is 9.90. The molecule has 0 aromatic rings. The summed E-state index contributed by atoms with van der Waals surface area (Å²) in [7, 11) is 0. The van der Waals surface area contributed by atoms with Gasteiger partial charge in [0, 0.05) is 37.6 Å². The molecule has 1 atom stereocenters. The number of hydrogen-bond donors (Lipinski definition) is 2. The van der Waals surface area contributed by atoms with Crippen LogP contribution in [0.5, 0.6) is 0 Å². The summed E-state index contributed by atoms with van der Waals surface area (Å²) in [5, 5.41) is 3.66.